The lowest BCUT2D eigenvalue weighted by atomic mass is 9.69. The average Bonchev–Trinajstić information content (AvgIpc) is 2.86. The monoisotopic (exact) mass is 301 g/mol. The lowest BCUT2D eigenvalue weighted by Gasteiger charge is -2.41. The second kappa shape index (κ2) is 4.52. The Kier molecular flexibility index (Phi) is 3.27. The van der Waals surface area contributed by atoms with Crippen molar-refractivity contribution in [1.82, 2.24) is 4.31 Å². The predicted molar refractivity (Wildman–Crippen MR) is 74.6 cm³/mol. The number of fused-ring (bicyclic) bond motifs is 2. The number of rotatable bonds is 2. The van der Waals surface area contributed by atoms with E-state index in [0.717, 1.165) is 6.42 Å². The number of sulfonamides is 1. The summed E-state index contributed by atoms with van der Waals surface area (Å²) in [4.78, 5) is 12.5. The Labute approximate surface area is 120 Å². The molecule has 3 fully saturated rings. The number of hydrogen-bond donors (Lipinski definition) is 0. The van der Waals surface area contributed by atoms with E-state index >= 15 is 0 Å². The normalized spacial score (nSPS) is 41.2. The fourth-order valence-corrected chi connectivity index (χ4v) is 6.56. The van der Waals surface area contributed by atoms with Gasteiger partial charge in [0.25, 0.3) is 0 Å². The quantitative estimate of drug-likeness (QED) is 0.760. The molecule has 1 heterocycles. The molecule has 0 unspecified atom stereocenters. The van der Waals surface area contributed by atoms with Crippen molar-refractivity contribution in [3.05, 3.63) is 0 Å². The van der Waals surface area contributed by atoms with Gasteiger partial charge in [0.15, 0.2) is 5.78 Å². The smallest absolute Gasteiger partial charge is 0.224 e. The van der Waals surface area contributed by atoms with E-state index in [1.54, 1.807) is 0 Å². The Bertz CT molecular complexity index is 521. The molecule has 3 aliphatic rings. The first-order valence-electron chi connectivity index (χ1n) is 7.38. The number of hydrogen-bond acceptors (Lipinski definition) is 4. The Balaban J connectivity index is 1.93. The molecule has 0 N–H and O–H groups in total. The maximum atomic E-state index is 12.8. The maximum Gasteiger partial charge on any atom is 0.224 e. The summed E-state index contributed by atoms with van der Waals surface area (Å²) in [5.41, 5.74) is -0.0808. The highest BCUT2D eigenvalue weighted by molar-refractivity contribution is 7.90. The van der Waals surface area contributed by atoms with Crippen molar-refractivity contribution in [3.63, 3.8) is 0 Å². The minimum absolute atomic E-state index is 0.0390. The van der Waals surface area contributed by atoms with Crippen LogP contribution in [0.2, 0.25) is 0 Å². The molecular formula is C14H23NO4S. The fraction of sp³-hybridized carbons (Fsp3) is 0.929. The molecule has 0 amide bonds. The molecule has 1 aliphatic heterocycles. The number of nitrogens with zero attached hydrogens (tertiary/aromatic N) is 1. The van der Waals surface area contributed by atoms with Crippen LogP contribution in [0.5, 0.6) is 0 Å². The largest absolute Gasteiger partial charge is 0.379 e. The third-order valence-electron chi connectivity index (χ3n) is 5.90. The van der Waals surface area contributed by atoms with E-state index in [0.29, 0.717) is 26.3 Å². The van der Waals surface area contributed by atoms with Crippen LogP contribution in [-0.4, -0.2) is 50.1 Å². The standard InChI is InChI=1S/C14H23NO4S/c1-9-10-8-11(14(9,2)3)13(12(10)16)20(17,18)15-4-6-19-7-5-15/h9-11,13H,4-8H2,1-3H3/t9-,10-,11-,13+/m1/s1. The van der Waals surface area contributed by atoms with Gasteiger partial charge >= 0.3 is 0 Å². The number of morpholine rings is 1. The molecule has 2 bridgehead atoms. The van der Waals surface area contributed by atoms with Crippen LogP contribution >= 0.6 is 0 Å². The molecule has 2 saturated carbocycles. The Hall–Kier alpha value is -0.460. The second-order valence-corrected chi connectivity index (χ2v) is 8.99. The van der Waals surface area contributed by atoms with Crippen molar-refractivity contribution in [2.45, 2.75) is 32.4 Å². The van der Waals surface area contributed by atoms with E-state index in [-0.39, 0.29) is 29.0 Å². The summed E-state index contributed by atoms with van der Waals surface area (Å²) in [6.07, 6.45) is 0.737. The van der Waals surface area contributed by atoms with Gasteiger partial charge in [-0.15, -0.1) is 0 Å². The SMILES string of the molecule is C[C@@H]1[C@H]2C[C@H]([C@H](S(=O)(=O)N3CCOCC3)C2=O)C1(C)C. The van der Waals surface area contributed by atoms with Gasteiger partial charge in [0.05, 0.1) is 13.2 Å². The zero-order valence-electron chi connectivity index (χ0n) is 12.3. The summed E-state index contributed by atoms with van der Waals surface area (Å²) in [5, 5.41) is -0.822. The Morgan fingerprint density at radius 1 is 1.25 bits per heavy atom. The minimum atomic E-state index is -3.53. The first-order chi connectivity index (χ1) is 9.28. The van der Waals surface area contributed by atoms with Crippen LogP contribution in [0.3, 0.4) is 0 Å². The van der Waals surface area contributed by atoms with Gasteiger partial charge in [0.1, 0.15) is 5.25 Å². The third-order valence-corrected chi connectivity index (χ3v) is 8.19. The zero-order valence-corrected chi connectivity index (χ0v) is 13.1. The fourth-order valence-electron chi connectivity index (χ4n) is 4.24. The van der Waals surface area contributed by atoms with Crippen molar-refractivity contribution in [3.8, 4) is 0 Å². The lowest BCUT2D eigenvalue weighted by Crippen LogP contribution is -2.53. The number of Topliss-reactive ketones (excluding diaryl/α,β-unsaturated/α-hetero) is 1. The number of carbonyl (C=O) groups excluding carboxylic acids is 1. The van der Waals surface area contributed by atoms with Crippen LogP contribution in [0.25, 0.3) is 0 Å². The first kappa shape index (κ1) is 14.5. The van der Waals surface area contributed by atoms with Gasteiger partial charge in [-0.2, -0.15) is 4.31 Å². The van der Waals surface area contributed by atoms with Gasteiger partial charge in [-0.25, -0.2) is 8.42 Å². The first-order valence-corrected chi connectivity index (χ1v) is 8.88. The topological polar surface area (TPSA) is 63.7 Å². The van der Waals surface area contributed by atoms with Crippen LogP contribution in [0.1, 0.15) is 27.2 Å². The average molecular weight is 301 g/mol. The van der Waals surface area contributed by atoms with Crippen molar-refractivity contribution in [2.75, 3.05) is 26.3 Å². The summed E-state index contributed by atoms with van der Waals surface area (Å²) in [6.45, 7) is 7.90. The lowest BCUT2D eigenvalue weighted by molar-refractivity contribution is -0.125. The summed E-state index contributed by atoms with van der Waals surface area (Å²) >= 11 is 0. The van der Waals surface area contributed by atoms with Crippen molar-refractivity contribution >= 4 is 15.8 Å². The predicted octanol–water partition coefficient (Wildman–Crippen LogP) is 0.898. The molecule has 2 aliphatic carbocycles. The van der Waals surface area contributed by atoms with Crippen molar-refractivity contribution < 1.29 is 17.9 Å². The van der Waals surface area contributed by atoms with E-state index in [9.17, 15) is 13.2 Å². The van der Waals surface area contributed by atoms with Crippen molar-refractivity contribution in [2.24, 2.45) is 23.2 Å². The third kappa shape index (κ3) is 1.81. The molecule has 6 heteroatoms. The van der Waals surface area contributed by atoms with Gasteiger partial charge in [-0.05, 0) is 23.7 Å². The van der Waals surface area contributed by atoms with E-state index < -0.39 is 15.3 Å². The summed E-state index contributed by atoms with van der Waals surface area (Å²) in [6, 6.07) is 0. The molecule has 0 aromatic rings. The minimum Gasteiger partial charge on any atom is -0.379 e. The van der Waals surface area contributed by atoms with E-state index in [1.165, 1.54) is 4.31 Å². The Morgan fingerprint density at radius 3 is 2.40 bits per heavy atom. The number of ketones is 1. The highest BCUT2D eigenvalue weighted by Crippen LogP contribution is 2.59. The van der Waals surface area contributed by atoms with Crippen LogP contribution in [0.15, 0.2) is 0 Å². The molecular weight excluding hydrogens is 278 g/mol. The maximum absolute atomic E-state index is 12.8. The molecule has 0 aromatic carbocycles. The van der Waals surface area contributed by atoms with E-state index in [1.807, 2.05) is 0 Å². The molecule has 4 atom stereocenters. The molecule has 0 radical (unpaired) electrons. The van der Waals surface area contributed by atoms with Gasteiger partial charge in [0.2, 0.25) is 10.0 Å². The molecule has 1 saturated heterocycles. The highest BCUT2D eigenvalue weighted by Gasteiger charge is 2.64. The van der Waals surface area contributed by atoms with Gasteiger partial charge in [-0.3, -0.25) is 4.79 Å². The molecule has 0 spiro atoms. The Morgan fingerprint density at radius 2 is 1.85 bits per heavy atom. The zero-order chi connectivity index (χ0) is 14.7. The molecule has 114 valence electrons. The van der Waals surface area contributed by atoms with Gasteiger partial charge in [-0.1, -0.05) is 20.8 Å². The van der Waals surface area contributed by atoms with E-state index in [2.05, 4.69) is 20.8 Å². The molecule has 5 nitrogen and oxygen atoms in total. The van der Waals surface area contributed by atoms with Crippen LogP contribution in [0, 0.1) is 23.2 Å². The molecule has 20 heavy (non-hydrogen) atoms. The van der Waals surface area contributed by atoms with Crippen molar-refractivity contribution in [1.29, 1.82) is 0 Å². The molecule has 3 rings (SSSR count). The van der Waals surface area contributed by atoms with Crippen LogP contribution < -0.4 is 0 Å². The summed E-state index contributed by atoms with van der Waals surface area (Å²) in [5.74, 6) is 0.114. The van der Waals surface area contributed by atoms with Crippen LogP contribution in [-0.2, 0) is 19.6 Å². The molecule has 0 aromatic heterocycles. The van der Waals surface area contributed by atoms with Gasteiger partial charge in [0, 0.05) is 19.0 Å². The van der Waals surface area contributed by atoms with E-state index in [4.69, 9.17) is 4.74 Å². The number of ether oxygens (including phenoxy) is 1. The summed E-state index contributed by atoms with van der Waals surface area (Å²) in [7, 11) is -3.53. The number of carbonyl (C=O) groups is 1. The highest BCUT2D eigenvalue weighted by atomic mass is 32.2. The summed E-state index contributed by atoms with van der Waals surface area (Å²) < 4.78 is 32.3. The van der Waals surface area contributed by atoms with Crippen LogP contribution in [0.4, 0.5) is 0 Å². The second-order valence-electron chi connectivity index (χ2n) is 6.94. The van der Waals surface area contributed by atoms with Gasteiger partial charge < -0.3 is 4.74 Å².